The molecule has 166 valence electrons. The summed E-state index contributed by atoms with van der Waals surface area (Å²) in [4.78, 5) is 9.40. The van der Waals surface area contributed by atoms with Crippen LogP contribution in [0.15, 0.2) is 115 Å². The molecule has 0 aliphatic carbocycles. The highest BCUT2D eigenvalue weighted by atomic mass is 19.1. The van der Waals surface area contributed by atoms with Crippen molar-refractivity contribution in [3.63, 3.8) is 0 Å². The maximum absolute atomic E-state index is 13.7. The first-order valence-electron chi connectivity index (χ1n) is 11.4. The zero-order valence-electron chi connectivity index (χ0n) is 19.2. The summed E-state index contributed by atoms with van der Waals surface area (Å²) < 4.78 is 13.7. The second-order valence-corrected chi connectivity index (χ2v) is 8.92. The zero-order valence-corrected chi connectivity index (χ0v) is 19.2. The van der Waals surface area contributed by atoms with E-state index in [1.54, 1.807) is 6.07 Å². The van der Waals surface area contributed by atoms with Crippen LogP contribution in [0.2, 0.25) is 0 Å². The molecular formula is C31H25FN2. The van der Waals surface area contributed by atoms with E-state index < -0.39 is 0 Å². The van der Waals surface area contributed by atoms with Gasteiger partial charge in [0.05, 0.1) is 17.1 Å². The SMILES string of the molecule is CC(C)(c1cccc(-c2cccc(-c3cccc(-c4cccc(F)c4)n3)c2)c1)c1ccccn1. The van der Waals surface area contributed by atoms with E-state index in [1.165, 1.54) is 17.7 Å². The Labute approximate surface area is 199 Å². The highest BCUT2D eigenvalue weighted by Crippen LogP contribution is 2.34. The van der Waals surface area contributed by atoms with Gasteiger partial charge in [-0.15, -0.1) is 0 Å². The molecule has 0 saturated carbocycles. The van der Waals surface area contributed by atoms with Crippen molar-refractivity contribution in [2.24, 2.45) is 0 Å². The fourth-order valence-corrected chi connectivity index (χ4v) is 4.23. The van der Waals surface area contributed by atoms with Crippen LogP contribution in [0.4, 0.5) is 4.39 Å². The number of rotatable bonds is 5. The average Bonchev–Trinajstić information content (AvgIpc) is 2.89. The second kappa shape index (κ2) is 9.03. The van der Waals surface area contributed by atoms with E-state index in [0.29, 0.717) is 0 Å². The lowest BCUT2D eigenvalue weighted by Crippen LogP contribution is -2.20. The molecule has 0 radical (unpaired) electrons. The number of hydrogen-bond donors (Lipinski definition) is 0. The smallest absolute Gasteiger partial charge is 0.123 e. The molecule has 34 heavy (non-hydrogen) atoms. The van der Waals surface area contributed by atoms with Gasteiger partial charge in [0.25, 0.3) is 0 Å². The van der Waals surface area contributed by atoms with Gasteiger partial charge in [0.1, 0.15) is 5.82 Å². The lowest BCUT2D eigenvalue weighted by Gasteiger charge is -2.25. The summed E-state index contributed by atoms with van der Waals surface area (Å²) in [6.45, 7) is 4.40. The molecule has 0 atom stereocenters. The van der Waals surface area contributed by atoms with Crippen molar-refractivity contribution in [2.75, 3.05) is 0 Å². The van der Waals surface area contributed by atoms with Crippen molar-refractivity contribution in [1.82, 2.24) is 9.97 Å². The molecule has 2 aromatic heterocycles. The third-order valence-corrected chi connectivity index (χ3v) is 6.25. The van der Waals surface area contributed by atoms with Crippen molar-refractivity contribution in [3.8, 4) is 33.6 Å². The number of halogens is 1. The van der Waals surface area contributed by atoms with Gasteiger partial charge in [0.15, 0.2) is 0 Å². The maximum Gasteiger partial charge on any atom is 0.123 e. The fraction of sp³-hybridized carbons (Fsp3) is 0.0968. The molecule has 0 saturated heterocycles. The van der Waals surface area contributed by atoms with Crippen molar-refractivity contribution in [2.45, 2.75) is 19.3 Å². The van der Waals surface area contributed by atoms with E-state index in [4.69, 9.17) is 4.98 Å². The fourth-order valence-electron chi connectivity index (χ4n) is 4.23. The molecule has 0 aliphatic rings. The van der Waals surface area contributed by atoms with Crippen LogP contribution in [-0.2, 0) is 5.41 Å². The van der Waals surface area contributed by atoms with Crippen LogP contribution in [0.3, 0.4) is 0 Å². The van der Waals surface area contributed by atoms with Crippen molar-refractivity contribution in [3.05, 3.63) is 132 Å². The highest BCUT2D eigenvalue weighted by Gasteiger charge is 2.24. The lowest BCUT2D eigenvalue weighted by molar-refractivity contribution is 0.617. The van der Waals surface area contributed by atoms with E-state index in [1.807, 2.05) is 42.6 Å². The first-order valence-corrected chi connectivity index (χ1v) is 11.4. The molecule has 0 spiro atoms. The first-order chi connectivity index (χ1) is 16.5. The summed E-state index contributed by atoms with van der Waals surface area (Å²) in [5, 5.41) is 0. The van der Waals surface area contributed by atoms with E-state index >= 15 is 0 Å². The van der Waals surface area contributed by atoms with E-state index in [9.17, 15) is 4.39 Å². The molecule has 3 heteroatoms. The summed E-state index contributed by atoms with van der Waals surface area (Å²) in [7, 11) is 0. The highest BCUT2D eigenvalue weighted by molar-refractivity contribution is 5.73. The van der Waals surface area contributed by atoms with Crippen LogP contribution >= 0.6 is 0 Å². The molecule has 2 nitrogen and oxygen atoms in total. The van der Waals surface area contributed by atoms with Crippen LogP contribution in [0.1, 0.15) is 25.1 Å². The summed E-state index contributed by atoms with van der Waals surface area (Å²) in [5.74, 6) is -0.264. The minimum atomic E-state index is -0.264. The van der Waals surface area contributed by atoms with Gasteiger partial charge in [-0.25, -0.2) is 9.37 Å². The van der Waals surface area contributed by atoms with Gasteiger partial charge >= 0.3 is 0 Å². The van der Waals surface area contributed by atoms with E-state index in [2.05, 4.69) is 73.4 Å². The quantitative estimate of drug-likeness (QED) is 0.275. The molecule has 0 unspecified atom stereocenters. The van der Waals surface area contributed by atoms with Gasteiger partial charge in [-0.05, 0) is 59.2 Å². The standard InChI is InChI=1S/C31H25FN2/c1-31(2,30-17-3-4-18-33-30)26-13-6-10-23(20-26)22-9-5-11-24(19-22)28-15-8-16-29(34-28)25-12-7-14-27(32)21-25/h3-21H,1-2H3. The predicted octanol–water partition coefficient (Wildman–Crippen LogP) is 7.94. The van der Waals surface area contributed by atoms with Crippen molar-refractivity contribution in [1.29, 1.82) is 0 Å². The number of aromatic nitrogens is 2. The first kappa shape index (κ1) is 21.7. The van der Waals surface area contributed by atoms with Crippen LogP contribution in [0.25, 0.3) is 33.6 Å². The van der Waals surface area contributed by atoms with Gasteiger partial charge in [0, 0.05) is 22.7 Å². The van der Waals surface area contributed by atoms with Crippen LogP contribution < -0.4 is 0 Å². The monoisotopic (exact) mass is 444 g/mol. The van der Waals surface area contributed by atoms with Gasteiger partial charge in [-0.2, -0.15) is 0 Å². The Balaban J connectivity index is 1.50. The van der Waals surface area contributed by atoms with E-state index in [-0.39, 0.29) is 11.2 Å². The Bertz CT molecular complexity index is 1440. The molecule has 2 heterocycles. The van der Waals surface area contributed by atoms with Gasteiger partial charge in [0.2, 0.25) is 0 Å². The molecule has 0 amide bonds. The zero-order chi connectivity index (χ0) is 23.5. The van der Waals surface area contributed by atoms with Crippen molar-refractivity contribution >= 4 is 0 Å². The van der Waals surface area contributed by atoms with E-state index in [0.717, 1.165) is 39.3 Å². The number of hydrogen-bond acceptors (Lipinski definition) is 2. The maximum atomic E-state index is 13.7. The van der Waals surface area contributed by atoms with Crippen LogP contribution in [0.5, 0.6) is 0 Å². The Kier molecular flexibility index (Phi) is 5.77. The molecule has 0 bridgehead atoms. The Morgan fingerprint density at radius 1 is 0.588 bits per heavy atom. The minimum Gasteiger partial charge on any atom is -0.260 e. The molecule has 3 aromatic carbocycles. The second-order valence-electron chi connectivity index (χ2n) is 8.92. The molecule has 5 aromatic rings. The summed E-state index contributed by atoms with van der Waals surface area (Å²) >= 11 is 0. The largest absolute Gasteiger partial charge is 0.260 e. The molecule has 0 fully saturated rings. The summed E-state index contributed by atoms with van der Waals surface area (Å²) in [6.07, 6.45) is 1.84. The third-order valence-electron chi connectivity index (χ3n) is 6.25. The molecular weight excluding hydrogens is 419 g/mol. The Morgan fingerprint density at radius 3 is 1.91 bits per heavy atom. The van der Waals surface area contributed by atoms with Crippen molar-refractivity contribution < 1.29 is 4.39 Å². The number of benzene rings is 3. The lowest BCUT2D eigenvalue weighted by atomic mass is 9.80. The van der Waals surface area contributed by atoms with Gasteiger partial charge in [-0.3, -0.25) is 4.98 Å². The third kappa shape index (κ3) is 4.38. The Hall–Kier alpha value is -4.11. The molecule has 0 N–H and O–H groups in total. The van der Waals surface area contributed by atoms with Crippen LogP contribution in [-0.4, -0.2) is 9.97 Å². The predicted molar refractivity (Wildman–Crippen MR) is 137 cm³/mol. The average molecular weight is 445 g/mol. The van der Waals surface area contributed by atoms with Crippen LogP contribution in [0, 0.1) is 5.82 Å². The normalized spacial score (nSPS) is 11.4. The number of pyridine rings is 2. The molecule has 5 rings (SSSR count). The van der Waals surface area contributed by atoms with Gasteiger partial charge in [-0.1, -0.05) is 80.6 Å². The minimum absolute atomic E-state index is 0.213. The summed E-state index contributed by atoms with van der Waals surface area (Å²) in [5.41, 5.74) is 7.69. The number of nitrogens with zero attached hydrogens (tertiary/aromatic N) is 2. The van der Waals surface area contributed by atoms with Gasteiger partial charge < -0.3 is 0 Å². The summed E-state index contributed by atoms with van der Waals surface area (Å²) in [6, 6.07) is 35.5. The molecule has 0 aliphatic heterocycles. The Morgan fingerprint density at radius 2 is 1.21 bits per heavy atom. The topological polar surface area (TPSA) is 25.8 Å².